The Kier molecular flexibility index (Phi) is 26.2. The van der Waals surface area contributed by atoms with Gasteiger partial charge in [-0.25, -0.2) is 0 Å². The van der Waals surface area contributed by atoms with Crippen molar-refractivity contribution in [2.45, 2.75) is 0 Å². The molecule has 2 bridgehead atoms. The van der Waals surface area contributed by atoms with Crippen LogP contribution in [0.25, 0.3) is 0 Å². The van der Waals surface area contributed by atoms with Crippen molar-refractivity contribution in [2.24, 2.45) is 0 Å². The summed E-state index contributed by atoms with van der Waals surface area (Å²) in [6.45, 7) is 0. The molecule has 0 aromatic rings. The average molecular weight is 273 g/mol. The summed E-state index contributed by atoms with van der Waals surface area (Å²) >= 11 is 0. The molecule has 0 aromatic carbocycles. The number of hydrogen-bond donors (Lipinski definition) is 0. The van der Waals surface area contributed by atoms with E-state index < -0.39 is 29.3 Å². The molecule has 0 unspecified atom stereocenters. The van der Waals surface area contributed by atoms with Crippen LogP contribution in [0.3, 0.4) is 0 Å². The van der Waals surface area contributed by atoms with Crippen LogP contribution >= 0.6 is 0 Å². The van der Waals surface area contributed by atoms with E-state index >= 15 is 0 Å². The van der Waals surface area contributed by atoms with E-state index in [1.165, 1.54) is 0 Å². The van der Waals surface area contributed by atoms with Gasteiger partial charge in [0.05, 0.1) is 0 Å². The second kappa shape index (κ2) is 14.2. The predicted molar refractivity (Wildman–Crippen MR) is 42.9 cm³/mol. The number of hydrogen-bond acceptors (Lipinski definition) is 7. The minimum Gasteiger partial charge on any atom is -0.833 e. The van der Waals surface area contributed by atoms with Gasteiger partial charge in [0.1, 0.15) is 0 Å². The Morgan fingerprint density at radius 3 is 1.00 bits per heavy atom. The second-order valence-electron chi connectivity index (χ2n) is 1.84. The Hall–Kier alpha value is 1.82. The maximum atomic E-state index is 10.5. The Morgan fingerprint density at radius 1 is 0.529 bits per heavy atom. The van der Waals surface area contributed by atoms with Gasteiger partial charge in [-0.1, -0.05) is 0 Å². The van der Waals surface area contributed by atoms with Gasteiger partial charge in [-0.15, -0.1) is 0 Å². The van der Waals surface area contributed by atoms with Crippen LogP contribution in [-0.4, -0.2) is 51.2 Å². The molecular formula is H8B4Na2O11. The molecule has 11 nitrogen and oxygen atoms in total. The first-order valence-electron chi connectivity index (χ1n) is 2.83. The van der Waals surface area contributed by atoms with Gasteiger partial charge in [0.25, 0.3) is 0 Å². The summed E-state index contributed by atoms with van der Waals surface area (Å²) < 4.78 is 21.9. The Balaban J connectivity index is -0.0000000800. The molecule has 0 amide bonds. The van der Waals surface area contributed by atoms with Crippen LogP contribution < -0.4 is 69.2 Å². The zero-order chi connectivity index (χ0) is 7.84. The molecule has 2 rings (SSSR count). The molecule has 17 heteroatoms. The standard InChI is InChI=1S/B4O7.2Na.4H2O/c5-1-7-3-9-2(6)10-4(8-1)11-3;;;;;;/h;;;4*1H2/q-2;2*+1;;;;. The summed E-state index contributed by atoms with van der Waals surface area (Å²) in [6.07, 6.45) is 0. The molecule has 8 N–H and O–H groups in total. The van der Waals surface area contributed by atoms with E-state index in [2.05, 4.69) is 22.9 Å². The van der Waals surface area contributed by atoms with Gasteiger partial charge in [0, 0.05) is 0 Å². The van der Waals surface area contributed by atoms with Crippen molar-refractivity contribution < 1.29 is 114 Å². The first kappa shape index (κ1) is 31.3. The molecule has 0 atom stereocenters. The molecule has 2 saturated heterocycles. The fourth-order valence-corrected chi connectivity index (χ4v) is 0.710. The van der Waals surface area contributed by atoms with Crippen molar-refractivity contribution in [1.82, 2.24) is 0 Å². The van der Waals surface area contributed by atoms with E-state index in [4.69, 9.17) is 0 Å². The monoisotopic (exact) mass is 274 g/mol. The third-order valence-corrected chi connectivity index (χ3v) is 1.11. The SMILES string of the molecule is O.O.O.O.[Na+].[Na+].[O-]B1OB2OB([O-])OB(O1)O2. The summed E-state index contributed by atoms with van der Waals surface area (Å²) in [5.41, 5.74) is 0. The molecule has 2 aliphatic rings. The van der Waals surface area contributed by atoms with Gasteiger partial charge in [0.2, 0.25) is 0 Å². The van der Waals surface area contributed by atoms with E-state index in [0.29, 0.717) is 0 Å². The summed E-state index contributed by atoms with van der Waals surface area (Å²) in [5.74, 6) is 0. The summed E-state index contributed by atoms with van der Waals surface area (Å²) in [5, 5.41) is 21.0. The van der Waals surface area contributed by atoms with Crippen LogP contribution in [0.2, 0.25) is 0 Å². The fourth-order valence-electron chi connectivity index (χ4n) is 0.710. The smallest absolute Gasteiger partial charge is 0.833 e. The van der Waals surface area contributed by atoms with Crippen molar-refractivity contribution in [2.75, 3.05) is 0 Å². The molecule has 0 radical (unpaired) electrons. The molecule has 2 heterocycles. The summed E-state index contributed by atoms with van der Waals surface area (Å²) in [6, 6.07) is 0. The van der Waals surface area contributed by atoms with Crippen LogP contribution in [0.4, 0.5) is 0 Å². The van der Waals surface area contributed by atoms with Crippen LogP contribution in [0.1, 0.15) is 0 Å². The van der Waals surface area contributed by atoms with Crippen molar-refractivity contribution in [3.05, 3.63) is 0 Å². The van der Waals surface area contributed by atoms with Gasteiger partial charge < -0.3 is 54.8 Å². The zero-order valence-electron chi connectivity index (χ0n) is 9.17. The van der Waals surface area contributed by atoms with Gasteiger partial charge >= 0.3 is 88.4 Å². The third kappa shape index (κ3) is 9.37. The number of rotatable bonds is 0. The van der Waals surface area contributed by atoms with E-state index in [1.807, 2.05) is 0 Å². The van der Waals surface area contributed by atoms with Crippen molar-refractivity contribution in [1.29, 1.82) is 0 Å². The second-order valence-corrected chi connectivity index (χ2v) is 1.84. The zero-order valence-corrected chi connectivity index (χ0v) is 13.2. The minimum absolute atomic E-state index is 0. The number of fused-ring (bicyclic) bond motifs is 2. The first-order chi connectivity index (χ1) is 5.24. The summed E-state index contributed by atoms with van der Waals surface area (Å²) in [7, 11) is -6.00. The molecule has 0 aromatic heterocycles. The van der Waals surface area contributed by atoms with Gasteiger partial charge in [-0.3, -0.25) is 0 Å². The molecule has 88 valence electrons. The Morgan fingerprint density at radius 2 is 0.765 bits per heavy atom. The molecule has 17 heavy (non-hydrogen) atoms. The quantitative estimate of drug-likeness (QED) is 0.387. The molecule has 0 saturated carbocycles. The van der Waals surface area contributed by atoms with E-state index in [9.17, 15) is 10.0 Å². The van der Waals surface area contributed by atoms with Crippen LogP contribution in [0, 0.1) is 0 Å². The third-order valence-electron chi connectivity index (χ3n) is 1.11. The fraction of sp³-hybridized carbons (Fsp3) is 0. The van der Waals surface area contributed by atoms with Crippen molar-refractivity contribution in [3.63, 3.8) is 0 Å². The van der Waals surface area contributed by atoms with E-state index in [0.717, 1.165) is 0 Å². The molecule has 0 aliphatic carbocycles. The van der Waals surface area contributed by atoms with E-state index in [1.54, 1.807) is 0 Å². The molecule has 2 fully saturated rings. The maximum Gasteiger partial charge on any atom is 1.00 e. The Bertz CT molecular complexity index is 127. The minimum atomic E-state index is -1.73. The predicted octanol–water partition coefficient (Wildman–Crippen LogP) is -13.5. The maximum absolute atomic E-state index is 10.5. The largest absolute Gasteiger partial charge is 1.00 e. The summed E-state index contributed by atoms with van der Waals surface area (Å²) in [4.78, 5) is 0. The van der Waals surface area contributed by atoms with Crippen molar-refractivity contribution >= 4 is 29.3 Å². The van der Waals surface area contributed by atoms with Crippen molar-refractivity contribution in [3.8, 4) is 0 Å². The van der Waals surface area contributed by atoms with Gasteiger partial charge in [0.15, 0.2) is 0 Å². The topological polar surface area (TPSA) is 218 Å². The van der Waals surface area contributed by atoms with Gasteiger partial charge in [-0.2, -0.15) is 0 Å². The van der Waals surface area contributed by atoms with Gasteiger partial charge in [-0.05, 0) is 0 Å². The van der Waals surface area contributed by atoms with E-state index in [-0.39, 0.29) is 81.0 Å². The van der Waals surface area contributed by atoms with Crippen LogP contribution in [-0.2, 0) is 22.9 Å². The average Bonchev–Trinajstić information content (AvgIpc) is 1.82. The van der Waals surface area contributed by atoms with Crippen LogP contribution in [0.5, 0.6) is 0 Å². The normalized spacial score (nSPS) is 15.9. The molecule has 0 spiro atoms. The first-order valence-corrected chi connectivity index (χ1v) is 2.83. The van der Waals surface area contributed by atoms with Crippen LogP contribution in [0.15, 0.2) is 0 Å². The molecular weight excluding hydrogens is 265 g/mol. The molecule has 2 aliphatic heterocycles. The Labute approximate surface area is 142 Å².